The number of aromatic nitrogens is 1. The largest absolute Gasteiger partial charge is 0.451 e. The van der Waals surface area contributed by atoms with Crippen LogP contribution in [0.5, 0.6) is 5.75 Å². The van der Waals surface area contributed by atoms with Gasteiger partial charge in [-0.25, -0.2) is 27.3 Å². The number of nitrogens with zero attached hydrogens (tertiary/aromatic N) is 1. The molecule has 0 radical (unpaired) electrons. The van der Waals surface area contributed by atoms with Crippen LogP contribution in [0, 0.1) is 0 Å². The van der Waals surface area contributed by atoms with Gasteiger partial charge in [0.05, 0.1) is 0 Å². The van der Waals surface area contributed by atoms with Crippen LogP contribution in [0.2, 0.25) is 0 Å². The Hall–Kier alpha value is -1.35. The highest BCUT2D eigenvalue weighted by Gasteiger charge is 2.25. The van der Waals surface area contributed by atoms with Crippen LogP contribution in [0.25, 0.3) is 0 Å². The number of halogens is 3. The Balaban J connectivity index is 3.06. The zero-order chi connectivity index (χ0) is 12.3. The normalized spacial score (nSPS) is 13.8. The maximum atomic E-state index is 12.5. The molecule has 1 atom stereocenters. The van der Waals surface area contributed by atoms with Crippen molar-refractivity contribution >= 4 is 10.0 Å². The van der Waals surface area contributed by atoms with Gasteiger partial charge in [-0.2, -0.15) is 4.39 Å². The number of pyridine rings is 1. The highest BCUT2D eigenvalue weighted by Crippen LogP contribution is 2.22. The van der Waals surface area contributed by atoms with Crippen LogP contribution in [0.4, 0.5) is 13.2 Å². The number of ether oxygens (including phenoxy) is 1. The molecule has 1 rings (SSSR count). The minimum atomic E-state index is -4.25. The van der Waals surface area contributed by atoms with Crippen molar-refractivity contribution in [2.45, 2.75) is 17.8 Å². The molecule has 2 N–H and O–H groups in total. The SMILES string of the molecule is NS(=O)(=O)c1ncccc1OC(F)C(F)F. The molecule has 5 nitrogen and oxygen atoms in total. The van der Waals surface area contributed by atoms with Crippen LogP contribution in [0.15, 0.2) is 23.4 Å². The molecule has 16 heavy (non-hydrogen) atoms. The first kappa shape index (κ1) is 12.7. The zero-order valence-corrected chi connectivity index (χ0v) is 8.49. The molecule has 0 aliphatic rings. The van der Waals surface area contributed by atoms with E-state index < -0.39 is 33.6 Å². The predicted molar refractivity (Wildman–Crippen MR) is 47.1 cm³/mol. The first-order chi connectivity index (χ1) is 7.32. The van der Waals surface area contributed by atoms with Crippen molar-refractivity contribution in [3.8, 4) is 5.75 Å². The van der Waals surface area contributed by atoms with Gasteiger partial charge in [-0.3, -0.25) is 0 Å². The first-order valence-electron chi connectivity index (χ1n) is 3.89. The van der Waals surface area contributed by atoms with Gasteiger partial charge >= 0.3 is 6.43 Å². The van der Waals surface area contributed by atoms with Gasteiger partial charge in [-0.05, 0) is 12.1 Å². The molecule has 0 saturated carbocycles. The lowest BCUT2D eigenvalue weighted by Gasteiger charge is -2.11. The second kappa shape index (κ2) is 4.66. The Morgan fingerprint density at radius 1 is 1.38 bits per heavy atom. The van der Waals surface area contributed by atoms with Crippen molar-refractivity contribution < 1.29 is 26.3 Å². The Kier molecular flexibility index (Phi) is 3.70. The molecule has 0 saturated heterocycles. The van der Waals surface area contributed by atoms with Crippen LogP contribution in [0.1, 0.15) is 0 Å². The third-order valence-corrected chi connectivity index (χ3v) is 2.29. The predicted octanol–water partition coefficient (Wildman–Crippen LogP) is 0.669. The molecule has 9 heteroatoms. The average molecular weight is 256 g/mol. The van der Waals surface area contributed by atoms with E-state index in [1.165, 1.54) is 6.07 Å². The summed E-state index contributed by atoms with van der Waals surface area (Å²) in [6, 6.07) is 2.17. The van der Waals surface area contributed by atoms with E-state index in [1.807, 2.05) is 0 Å². The van der Waals surface area contributed by atoms with Crippen LogP contribution in [-0.2, 0) is 10.0 Å². The topological polar surface area (TPSA) is 82.3 Å². The average Bonchev–Trinajstić information content (AvgIpc) is 2.16. The van der Waals surface area contributed by atoms with Crippen molar-refractivity contribution in [1.29, 1.82) is 0 Å². The van der Waals surface area contributed by atoms with Gasteiger partial charge in [0, 0.05) is 6.20 Å². The Morgan fingerprint density at radius 3 is 2.50 bits per heavy atom. The molecule has 1 aromatic rings. The molecular formula is C7H7F3N2O3S. The highest BCUT2D eigenvalue weighted by atomic mass is 32.2. The van der Waals surface area contributed by atoms with Crippen LogP contribution in [-0.4, -0.2) is 26.2 Å². The minimum absolute atomic E-state index is 0.655. The summed E-state index contributed by atoms with van der Waals surface area (Å²) in [5, 5.41) is 3.94. The van der Waals surface area contributed by atoms with E-state index in [9.17, 15) is 21.6 Å². The summed E-state index contributed by atoms with van der Waals surface area (Å²) in [5.74, 6) is -0.655. The van der Waals surface area contributed by atoms with Crippen molar-refractivity contribution in [2.24, 2.45) is 5.14 Å². The van der Waals surface area contributed by atoms with E-state index in [4.69, 9.17) is 5.14 Å². The highest BCUT2D eigenvalue weighted by molar-refractivity contribution is 7.89. The van der Waals surface area contributed by atoms with Crippen molar-refractivity contribution in [1.82, 2.24) is 4.98 Å². The monoisotopic (exact) mass is 256 g/mol. The molecule has 0 amide bonds. The maximum Gasteiger partial charge on any atom is 0.304 e. The van der Waals surface area contributed by atoms with Crippen molar-refractivity contribution in [2.75, 3.05) is 0 Å². The molecule has 0 bridgehead atoms. The molecule has 0 aliphatic carbocycles. The summed E-state index contributed by atoms with van der Waals surface area (Å²) < 4.78 is 62.2. The van der Waals surface area contributed by atoms with Gasteiger partial charge in [-0.15, -0.1) is 0 Å². The smallest absolute Gasteiger partial charge is 0.304 e. The van der Waals surface area contributed by atoms with Crippen molar-refractivity contribution in [3.63, 3.8) is 0 Å². The van der Waals surface area contributed by atoms with E-state index in [-0.39, 0.29) is 0 Å². The zero-order valence-electron chi connectivity index (χ0n) is 7.68. The fourth-order valence-electron chi connectivity index (χ4n) is 0.852. The van der Waals surface area contributed by atoms with Crippen molar-refractivity contribution in [3.05, 3.63) is 18.3 Å². The van der Waals surface area contributed by atoms with E-state index in [0.717, 1.165) is 12.3 Å². The Labute approximate surface area is 89.1 Å². The number of hydrogen-bond donors (Lipinski definition) is 1. The number of sulfonamides is 1. The summed E-state index contributed by atoms with van der Waals surface area (Å²) in [6.45, 7) is 0. The molecule has 0 fully saturated rings. The quantitative estimate of drug-likeness (QED) is 0.858. The second-order valence-electron chi connectivity index (χ2n) is 2.66. The second-order valence-corrected chi connectivity index (χ2v) is 4.13. The van der Waals surface area contributed by atoms with E-state index in [2.05, 4.69) is 9.72 Å². The van der Waals surface area contributed by atoms with Gasteiger partial charge in [0.25, 0.3) is 16.4 Å². The fourth-order valence-corrected chi connectivity index (χ4v) is 1.46. The third-order valence-electron chi connectivity index (χ3n) is 1.44. The van der Waals surface area contributed by atoms with Crippen LogP contribution in [0.3, 0.4) is 0 Å². The fraction of sp³-hybridized carbons (Fsp3) is 0.286. The van der Waals surface area contributed by atoms with Gasteiger partial charge in [-0.1, -0.05) is 0 Å². The summed E-state index contributed by atoms with van der Waals surface area (Å²) in [5.41, 5.74) is 0. The minimum Gasteiger partial charge on any atom is -0.451 e. The van der Waals surface area contributed by atoms with Gasteiger partial charge in [0.15, 0.2) is 5.75 Å². The van der Waals surface area contributed by atoms with Gasteiger partial charge in [0.2, 0.25) is 5.03 Å². The summed E-state index contributed by atoms with van der Waals surface area (Å²) >= 11 is 0. The molecular weight excluding hydrogens is 249 g/mol. The molecule has 1 unspecified atom stereocenters. The molecule has 0 aliphatic heterocycles. The lowest BCUT2D eigenvalue weighted by molar-refractivity contribution is -0.0685. The number of nitrogens with two attached hydrogens (primary N) is 1. The standard InChI is InChI=1S/C7H7F3N2O3S/c8-5(9)6(10)15-4-2-1-3-12-7(4)16(11,13)14/h1-3,5-6H,(H2,11,13,14). The lowest BCUT2D eigenvalue weighted by Crippen LogP contribution is -2.22. The lowest BCUT2D eigenvalue weighted by atomic mass is 10.4. The van der Waals surface area contributed by atoms with Gasteiger partial charge < -0.3 is 4.74 Å². The number of hydrogen-bond acceptors (Lipinski definition) is 4. The van der Waals surface area contributed by atoms with E-state index in [1.54, 1.807) is 0 Å². The van der Waals surface area contributed by atoms with E-state index >= 15 is 0 Å². The molecule has 90 valence electrons. The third kappa shape index (κ3) is 3.07. The summed E-state index contributed by atoms with van der Waals surface area (Å²) in [6.07, 6.45) is -5.28. The van der Waals surface area contributed by atoms with E-state index in [0.29, 0.717) is 0 Å². The maximum absolute atomic E-state index is 12.5. The molecule has 0 spiro atoms. The molecule has 0 aromatic carbocycles. The Bertz CT molecular complexity index is 466. The Morgan fingerprint density at radius 2 is 2.00 bits per heavy atom. The number of rotatable bonds is 4. The summed E-state index contributed by atoms with van der Waals surface area (Å²) in [7, 11) is -4.25. The van der Waals surface area contributed by atoms with Gasteiger partial charge in [0.1, 0.15) is 0 Å². The first-order valence-corrected chi connectivity index (χ1v) is 5.43. The van der Waals surface area contributed by atoms with Crippen LogP contribution >= 0.6 is 0 Å². The molecule has 1 aromatic heterocycles. The summed E-state index contributed by atoms with van der Waals surface area (Å²) in [4.78, 5) is 3.31. The molecule has 1 heterocycles. The number of alkyl halides is 3. The number of primary sulfonamides is 1. The van der Waals surface area contributed by atoms with Crippen LogP contribution < -0.4 is 9.88 Å².